The van der Waals surface area contributed by atoms with Gasteiger partial charge in [-0.2, -0.15) is 0 Å². The average Bonchev–Trinajstić information content (AvgIpc) is 2.31. The third-order valence-corrected chi connectivity index (χ3v) is 4.87. The molecule has 4 nitrogen and oxygen atoms in total. The molecule has 1 N–H and O–H groups in total. The van der Waals surface area contributed by atoms with Gasteiger partial charge in [-0.3, -0.25) is 0 Å². The maximum Gasteiger partial charge on any atom is 1.00 e. The van der Waals surface area contributed by atoms with Gasteiger partial charge in [-0.05, 0) is 19.3 Å². The molecule has 0 aromatic rings. The fraction of sp³-hybridized carbons (Fsp3) is 1.00. The Bertz CT molecular complexity index is 319. The molecular formula is C14H29NaO4S. The Balaban J connectivity index is 0. The van der Waals surface area contributed by atoms with Crippen molar-refractivity contribution in [1.29, 1.82) is 0 Å². The summed E-state index contributed by atoms with van der Waals surface area (Å²) >= 11 is 0. The Morgan fingerprint density at radius 1 is 0.850 bits per heavy atom. The Morgan fingerprint density at radius 3 is 1.70 bits per heavy atom. The van der Waals surface area contributed by atoms with E-state index in [9.17, 15) is 18.1 Å². The van der Waals surface area contributed by atoms with Gasteiger partial charge in [0.15, 0.2) is 4.93 Å². The molecule has 6 heteroatoms. The zero-order valence-corrected chi connectivity index (χ0v) is 16.2. The summed E-state index contributed by atoms with van der Waals surface area (Å²) in [5.74, 6) is 0. The number of hydrogen-bond acceptors (Lipinski definition) is 4. The molecule has 0 aromatic heterocycles. The van der Waals surface area contributed by atoms with E-state index in [1.807, 2.05) is 0 Å². The van der Waals surface area contributed by atoms with Crippen LogP contribution in [0, 0.1) is 0 Å². The summed E-state index contributed by atoms with van der Waals surface area (Å²) in [6.07, 6.45) is 9.25. The Labute approximate surface area is 146 Å². The van der Waals surface area contributed by atoms with Crippen molar-refractivity contribution in [2.45, 2.75) is 89.4 Å². The molecule has 0 aliphatic rings. The van der Waals surface area contributed by atoms with Crippen LogP contribution in [0.25, 0.3) is 0 Å². The second kappa shape index (κ2) is 12.4. The SMILES string of the molecule is CCCCCCCCCCC(O)(CCC)S(=O)(=O)[O-].[Na+]. The molecule has 0 rings (SSSR count). The van der Waals surface area contributed by atoms with Crippen LogP contribution in [0.15, 0.2) is 0 Å². The minimum Gasteiger partial charge on any atom is -0.746 e. The Hall–Kier alpha value is 0.870. The van der Waals surface area contributed by atoms with Crippen LogP contribution in [0.5, 0.6) is 0 Å². The normalized spacial score (nSPS) is 14.6. The molecule has 0 spiro atoms. The van der Waals surface area contributed by atoms with Crippen LogP contribution in [0.3, 0.4) is 0 Å². The van der Waals surface area contributed by atoms with Gasteiger partial charge in [0.25, 0.3) is 0 Å². The van der Waals surface area contributed by atoms with Crippen LogP contribution in [-0.2, 0) is 10.1 Å². The van der Waals surface area contributed by atoms with E-state index in [-0.39, 0.29) is 42.4 Å². The predicted molar refractivity (Wildman–Crippen MR) is 76.8 cm³/mol. The summed E-state index contributed by atoms with van der Waals surface area (Å²) < 4.78 is 33.2. The van der Waals surface area contributed by atoms with Crippen molar-refractivity contribution in [2.24, 2.45) is 0 Å². The molecule has 0 aliphatic heterocycles. The van der Waals surface area contributed by atoms with Gasteiger partial charge in [0.1, 0.15) is 10.1 Å². The Morgan fingerprint density at radius 2 is 1.30 bits per heavy atom. The van der Waals surface area contributed by atoms with Gasteiger partial charge in [-0.15, -0.1) is 0 Å². The van der Waals surface area contributed by atoms with Crippen molar-refractivity contribution >= 4 is 10.1 Å². The zero-order chi connectivity index (χ0) is 14.8. The van der Waals surface area contributed by atoms with Crippen molar-refractivity contribution in [3.8, 4) is 0 Å². The zero-order valence-electron chi connectivity index (χ0n) is 13.4. The first-order valence-corrected chi connectivity index (χ1v) is 8.96. The Kier molecular flexibility index (Phi) is 14.4. The molecule has 1 unspecified atom stereocenters. The van der Waals surface area contributed by atoms with E-state index in [0.717, 1.165) is 19.3 Å². The van der Waals surface area contributed by atoms with Gasteiger partial charge in [0, 0.05) is 0 Å². The molecule has 0 radical (unpaired) electrons. The monoisotopic (exact) mass is 316 g/mol. The number of unbranched alkanes of at least 4 members (excludes halogenated alkanes) is 7. The third-order valence-electron chi connectivity index (χ3n) is 3.53. The molecule has 0 fully saturated rings. The van der Waals surface area contributed by atoms with Crippen molar-refractivity contribution < 1.29 is 47.6 Å². The minimum atomic E-state index is -4.63. The standard InChI is InChI=1S/C14H30O4S.Na/c1-3-5-6-7-8-9-10-11-13-14(15,12-4-2)19(16,17)18;/h15H,3-13H2,1-2H3,(H,16,17,18);/q;+1/p-1. The van der Waals surface area contributed by atoms with Crippen LogP contribution in [0.2, 0.25) is 0 Å². The van der Waals surface area contributed by atoms with Crippen molar-refractivity contribution in [3.63, 3.8) is 0 Å². The van der Waals surface area contributed by atoms with Gasteiger partial charge >= 0.3 is 29.6 Å². The summed E-state index contributed by atoms with van der Waals surface area (Å²) in [5.41, 5.74) is 0. The fourth-order valence-corrected chi connectivity index (χ4v) is 3.15. The summed E-state index contributed by atoms with van der Waals surface area (Å²) in [6, 6.07) is 0. The van der Waals surface area contributed by atoms with Gasteiger partial charge in [0.05, 0.1) is 0 Å². The molecule has 20 heavy (non-hydrogen) atoms. The molecule has 0 bridgehead atoms. The molecular weight excluding hydrogens is 287 g/mol. The minimum absolute atomic E-state index is 0. The summed E-state index contributed by atoms with van der Waals surface area (Å²) in [6.45, 7) is 3.95. The van der Waals surface area contributed by atoms with E-state index >= 15 is 0 Å². The van der Waals surface area contributed by atoms with Gasteiger partial charge in [0.2, 0.25) is 0 Å². The second-order valence-corrected chi connectivity index (χ2v) is 7.04. The van der Waals surface area contributed by atoms with E-state index in [1.54, 1.807) is 6.92 Å². The maximum atomic E-state index is 11.1. The molecule has 0 heterocycles. The summed E-state index contributed by atoms with van der Waals surface area (Å²) in [7, 11) is -4.63. The number of aliphatic hydroxyl groups is 1. The van der Waals surface area contributed by atoms with Crippen LogP contribution >= 0.6 is 0 Å². The number of hydrogen-bond donors (Lipinski definition) is 1. The molecule has 116 valence electrons. The molecule has 0 saturated carbocycles. The topological polar surface area (TPSA) is 77.4 Å². The van der Waals surface area contributed by atoms with E-state index in [2.05, 4.69) is 6.92 Å². The van der Waals surface area contributed by atoms with Gasteiger partial charge in [-0.25, -0.2) is 8.42 Å². The summed E-state index contributed by atoms with van der Waals surface area (Å²) in [5, 5.41) is 9.92. The maximum absolute atomic E-state index is 11.1. The quantitative estimate of drug-likeness (QED) is 0.324. The van der Waals surface area contributed by atoms with Crippen LogP contribution in [-0.4, -0.2) is 23.0 Å². The number of rotatable bonds is 12. The molecule has 0 saturated heterocycles. The smallest absolute Gasteiger partial charge is 0.746 e. The third kappa shape index (κ3) is 9.74. The van der Waals surface area contributed by atoms with Crippen LogP contribution in [0.4, 0.5) is 0 Å². The van der Waals surface area contributed by atoms with E-state index in [1.165, 1.54) is 25.7 Å². The first-order chi connectivity index (χ1) is 8.87. The van der Waals surface area contributed by atoms with E-state index in [4.69, 9.17) is 0 Å². The van der Waals surface area contributed by atoms with Crippen molar-refractivity contribution in [2.75, 3.05) is 0 Å². The van der Waals surface area contributed by atoms with Crippen LogP contribution in [0.1, 0.15) is 84.5 Å². The van der Waals surface area contributed by atoms with Crippen molar-refractivity contribution in [3.05, 3.63) is 0 Å². The molecule has 0 amide bonds. The fourth-order valence-electron chi connectivity index (χ4n) is 2.30. The van der Waals surface area contributed by atoms with Crippen LogP contribution < -0.4 is 29.6 Å². The first-order valence-electron chi connectivity index (χ1n) is 7.55. The second-order valence-electron chi connectivity index (χ2n) is 5.38. The first kappa shape index (κ1) is 23.1. The van der Waals surface area contributed by atoms with Gasteiger partial charge < -0.3 is 9.66 Å². The average molecular weight is 316 g/mol. The van der Waals surface area contributed by atoms with Crippen molar-refractivity contribution in [1.82, 2.24) is 0 Å². The van der Waals surface area contributed by atoms with E-state index in [0.29, 0.717) is 12.8 Å². The predicted octanol–water partition coefficient (Wildman–Crippen LogP) is 0.555. The van der Waals surface area contributed by atoms with Gasteiger partial charge in [-0.1, -0.05) is 65.2 Å². The summed E-state index contributed by atoms with van der Waals surface area (Å²) in [4.78, 5) is -2.05. The molecule has 0 aromatic carbocycles. The van der Waals surface area contributed by atoms with E-state index < -0.39 is 15.1 Å². The molecule has 0 aliphatic carbocycles. The largest absolute Gasteiger partial charge is 1.00 e. The molecule has 1 atom stereocenters.